The summed E-state index contributed by atoms with van der Waals surface area (Å²) >= 11 is 3.46. The van der Waals surface area contributed by atoms with Gasteiger partial charge in [-0.25, -0.2) is 0 Å². The number of halogens is 1. The molecule has 1 aromatic carbocycles. The number of Topliss-reactive ketones (excluding diaryl/α,β-unsaturated/α-hetero) is 1. The molecule has 0 saturated carbocycles. The first-order valence-corrected chi connectivity index (χ1v) is 10.4. The van der Waals surface area contributed by atoms with Gasteiger partial charge in [0, 0.05) is 35.5 Å². The highest BCUT2D eigenvalue weighted by Gasteiger charge is 2.45. The highest BCUT2D eigenvalue weighted by atomic mass is 79.9. The average molecular weight is 458 g/mol. The third kappa shape index (κ3) is 4.41. The molecule has 0 bridgehead atoms. The SMILES string of the molecule is CCN(CC)CCN1C(=O)C(=O)C(=C(O)c2ccncc2)[C@H]1c1cccc(Br)c1. The molecule has 1 aliphatic rings. The quantitative estimate of drug-likeness (QED) is 0.390. The van der Waals surface area contributed by atoms with Gasteiger partial charge in [-0.1, -0.05) is 41.9 Å². The number of pyridine rings is 1. The number of carbonyl (C=O) groups excluding carboxylic acids is 2. The largest absolute Gasteiger partial charge is 0.507 e. The molecule has 1 amide bonds. The van der Waals surface area contributed by atoms with Crippen molar-refractivity contribution < 1.29 is 14.7 Å². The molecule has 2 heterocycles. The maximum atomic E-state index is 12.9. The van der Waals surface area contributed by atoms with Crippen LogP contribution in [0, 0.1) is 0 Å². The molecule has 2 aromatic rings. The molecule has 0 aliphatic carbocycles. The fourth-order valence-electron chi connectivity index (χ4n) is 3.59. The van der Waals surface area contributed by atoms with E-state index in [-0.39, 0.29) is 11.3 Å². The lowest BCUT2D eigenvalue weighted by atomic mass is 9.95. The van der Waals surface area contributed by atoms with Crippen LogP contribution in [0.1, 0.15) is 31.0 Å². The van der Waals surface area contributed by atoms with E-state index in [0.29, 0.717) is 18.7 Å². The van der Waals surface area contributed by atoms with Gasteiger partial charge in [0.05, 0.1) is 11.6 Å². The fraction of sp³-hybridized carbons (Fsp3) is 0.318. The summed E-state index contributed by atoms with van der Waals surface area (Å²) in [5.41, 5.74) is 1.34. The number of likely N-dealkylation sites (N-methyl/N-ethyl adjacent to an activating group) is 1. The van der Waals surface area contributed by atoms with Crippen LogP contribution in [-0.4, -0.2) is 57.8 Å². The molecule has 0 spiro atoms. The van der Waals surface area contributed by atoms with Gasteiger partial charge in [0.2, 0.25) is 0 Å². The first kappa shape index (κ1) is 21.2. The molecule has 0 unspecified atom stereocenters. The Kier molecular flexibility index (Phi) is 6.82. The molecule has 1 aromatic heterocycles. The van der Waals surface area contributed by atoms with Gasteiger partial charge in [-0.2, -0.15) is 0 Å². The van der Waals surface area contributed by atoms with Crippen LogP contribution in [0.4, 0.5) is 0 Å². The van der Waals surface area contributed by atoms with Crippen LogP contribution in [-0.2, 0) is 9.59 Å². The predicted octanol–water partition coefficient (Wildman–Crippen LogP) is 3.61. The molecular weight excluding hydrogens is 434 g/mol. The number of carbonyl (C=O) groups is 2. The van der Waals surface area contributed by atoms with Crippen molar-refractivity contribution >= 4 is 33.4 Å². The Labute approximate surface area is 179 Å². The Morgan fingerprint density at radius 2 is 1.86 bits per heavy atom. The Hall–Kier alpha value is -2.51. The van der Waals surface area contributed by atoms with Crippen molar-refractivity contribution in [2.45, 2.75) is 19.9 Å². The van der Waals surface area contributed by atoms with Gasteiger partial charge >= 0.3 is 0 Å². The van der Waals surface area contributed by atoms with Gasteiger partial charge in [-0.3, -0.25) is 14.6 Å². The maximum Gasteiger partial charge on any atom is 0.295 e. The second kappa shape index (κ2) is 9.33. The van der Waals surface area contributed by atoms with Crippen LogP contribution in [0.25, 0.3) is 5.76 Å². The number of likely N-dealkylation sites (tertiary alicyclic amines) is 1. The zero-order chi connectivity index (χ0) is 21.0. The topological polar surface area (TPSA) is 73.7 Å². The van der Waals surface area contributed by atoms with Crippen LogP contribution < -0.4 is 0 Å². The molecule has 1 atom stereocenters. The number of ketones is 1. The van der Waals surface area contributed by atoms with Crippen LogP contribution in [0.5, 0.6) is 0 Å². The highest BCUT2D eigenvalue weighted by molar-refractivity contribution is 9.10. The second-order valence-electron chi connectivity index (χ2n) is 6.81. The molecule has 0 radical (unpaired) electrons. The van der Waals surface area contributed by atoms with E-state index in [1.54, 1.807) is 29.4 Å². The van der Waals surface area contributed by atoms with Gasteiger partial charge in [0.25, 0.3) is 11.7 Å². The van der Waals surface area contributed by atoms with Crippen molar-refractivity contribution in [2.24, 2.45) is 0 Å². The van der Waals surface area contributed by atoms with E-state index in [0.717, 1.165) is 23.1 Å². The Morgan fingerprint density at radius 1 is 1.17 bits per heavy atom. The van der Waals surface area contributed by atoms with Crippen LogP contribution in [0.2, 0.25) is 0 Å². The number of benzene rings is 1. The number of amides is 1. The lowest BCUT2D eigenvalue weighted by molar-refractivity contribution is -0.140. The van der Waals surface area contributed by atoms with Crippen LogP contribution in [0.15, 0.2) is 58.8 Å². The number of aliphatic hydroxyl groups excluding tert-OH is 1. The van der Waals surface area contributed by atoms with Crippen LogP contribution >= 0.6 is 15.9 Å². The molecule has 1 fully saturated rings. The number of aliphatic hydroxyl groups is 1. The molecule has 7 heteroatoms. The maximum absolute atomic E-state index is 12.9. The Balaban J connectivity index is 2.09. The van der Waals surface area contributed by atoms with Crippen LogP contribution in [0.3, 0.4) is 0 Å². The monoisotopic (exact) mass is 457 g/mol. The molecule has 1 aliphatic heterocycles. The minimum absolute atomic E-state index is 0.110. The molecule has 152 valence electrons. The summed E-state index contributed by atoms with van der Waals surface area (Å²) < 4.78 is 0.841. The number of aromatic nitrogens is 1. The minimum Gasteiger partial charge on any atom is -0.507 e. The molecule has 3 rings (SSSR count). The van der Waals surface area contributed by atoms with E-state index in [9.17, 15) is 14.7 Å². The first-order valence-electron chi connectivity index (χ1n) is 9.64. The zero-order valence-electron chi connectivity index (χ0n) is 16.5. The molecule has 29 heavy (non-hydrogen) atoms. The van der Waals surface area contributed by atoms with E-state index in [2.05, 4.69) is 39.7 Å². The van der Waals surface area contributed by atoms with Crippen molar-refractivity contribution in [2.75, 3.05) is 26.2 Å². The number of nitrogens with zero attached hydrogens (tertiary/aromatic N) is 3. The van der Waals surface area contributed by atoms with E-state index >= 15 is 0 Å². The van der Waals surface area contributed by atoms with E-state index in [4.69, 9.17) is 0 Å². The van der Waals surface area contributed by atoms with E-state index < -0.39 is 17.7 Å². The summed E-state index contributed by atoms with van der Waals surface area (Å²) in [4.78, 5) is 33.5. The highest BCUT2D eigenvalue weighted by Crippen LogP contribution is 2.39. The first-order chi connectivity index (χ1) is 14.0. The number of hydrogen-bond acceptors (Lipinski definition) is 5. The van der Waals surface area contributed by atoms with Gasteiger partial charge in [0.1, 0.15) is 5.76 Å². The Bertz CT molecular complexity index is 926. The third-order valence-corrected chi connectivity index (χ3v) is 5.70. The summed E-state index contributed by atoms with van der Waals surface area (Å²) in [5.74, 6) is -1.43. The molecule has 1 N–H and O–H groups in total. The van der Waals surface area contributed by atoms with Crippen molar-refractivity contribution in [3.8, 4) is 0 Å². The van der Waals surface area contributed by atoms with E-state index in [1.807, 2.05) is 24.3 Å². The summed E-state index contributed by atoms with van der Waals surface area (Å²) in [6.07, 6.45) is 3.08. The van der Waals surface area contributed by atoms with Crippen molar-refractivity contribution in [1.29, 1.82) is 0 Å². The molecule has 1 saturated heterocycles. The fourth-order valence-corrected chi connectivity index (χ4v) is 4.01. The van der Waals surface area contributed by atoms with Gasteiger partial charge in [-0.15, -0.1) is 0 Å². The summed E-state index contributed by atoms with van der Waals surface area (Å²) in [5, 5.41) is 10.9. The normalized spacial score (nSPS) is 18.6. The third-order valence-electron chi connectivity index (χ3n) is 5.21. The smallest absolute Gasteiger partial charge is 0.295 e. The van der Waals surface area contributed by atoms with E-state index in [1.165, 1.54) is 0 Å². The van der Waals surface area contributed by atoms with Gasteiger partial charge in [0.15, 0.2) is 0 Å². The standard InChI is InChI=1S/C22H24BrN3O3/c1-3-25(4-2)12-13-26-19(16-6-5-7-17(23)14-16)18(21(28)22(26)29)20(27)15-8-10-24-11-9-15/h5-11,14,19,27H,3-4,12-13H2,1-2H3/t19-/m1/s1. The van der Waals surface area contributed by atoms with Gasteiger partial charge < -0.3 is 14.9 Å². The summed E-state index contributed by atoms with van der Waals surface area (Å²) in [7, 11) is 0. The predicted molar refractivity (Wildman–Crippen MR) is 115 cm³/mol. The van der Waals surface area contributed by atoms with Crippen molar-refractivity contribution in [1.82, 2.24) is 14.8 Å². The Morgan fingerprint density at radius 3 is 2.48 bits per heavy atom. The summed E-state index contributed by atoms with van der Waals surface area (Å²) in [6.45, 7) is 6.90. The second-order valence-corrected chi connectivity index (χ2v) is 7.73. The van der Waals surface area contributed by atoms with Crippen molar-refractivity contribution in [3.05, 3.63) is 70.0 Å². The average Bonchev–Trinajstić information content (AvgIpc) is 2.99. The molecule has 6 nitrogen and oxygen atoms in total. The number of hydrogen-bond donors (Lipinski definition) is 1. The number of rotatable bonds is 7. The lowest BCUT2D eigenvalue weighted by Gasteiger charge is -2.28. The zero-order valence-corrected chi connectivity index (χ0v) is 18.1. The lowest BCUT2D eigenvalue weighted by Crippen LogP contribution is -2.38. The summed E-state index contributed by atoms with van der Waals surface area (Å²) in [6, 6.07) is 10.1. The minimum atomic E-state index is -0.663. The van der Waals surface area contributed by atoms with Gasteiger partial charge in [-0.05, 0) is 42.9 Å². The van der Waals surface area contributed by atoms with Crippen molar-refractivity contribution in [3.63, 3.8) is 0 Å². The molecular formula is C22H24BrN3O3.